The zero-order valence-corrected chi connectivity index (χ0v) is 12.9. The summed E-state index contributed by atoms with van der Waals surface area (Å²) in [6, 6.07) is -0.731. The minimum atomic E-state index is -1.19. The van der Waals surface area contributed by atoms with Crippen LogP contribution in [0.3, 0.4) is 0 Å². The van der Waals surface area contributed by atoms with Gasteiger partial charge in [0.25, 0.3) is 5.91 Å². The maximum Gasteiger partial charge on any atom is 0.331 e. The number of methoxy groups -OCH3 is 1. The fraction of sp³-hybridized carbons (Fsp3) is 0.643. The molecule has 7 heteroatoms. The molecule has 0 aromatic rings. The van der Waals surface area contributed by atoms with E-state index in [-0.39, 0.29) is 28.7 Å². The van der Waals surface area contributed by atoms with Crippen molar-refractivity contribution in [2.24, 2.45) is 5.41 Å². The highest BCUT2D eigenvalue weighted by atomic mass is 16.5. The number of carbonyl (C=O) groups excluding carboxylic acids is 2. The number of amides is 3. The fourth-order valence-electron chi connectivity index (χ4n) is 2.25. The molecule has 0 aromatic heterocycles. The van der Waals surface area contributed by atoms with Gasteiger partial charge in [0, 0.05) is 29.7 Å². The number of ether oxygens (including phenoxy) is 1. The summed E-state index contributed by atoms with van der Waals surface area (Å²) in [5.74, 6) is -1.90. The second kappa shape index (κ2) is 6.26. The summed E-state index contributed by atoms with van der Waals surface area (Å²) in [6.07, 6.45) is 0.739. The molecule has 0 heterocycles. The quantitative estimate of drug-likeness (QED) is 0.673. The van der Waals surface area contributed by atoms with Gasteiger partial charge >= 0.3 is 12.0 Å². The lowest BCUT2D eigenvalue weighted by molar-refractivity contribution is -0.133. The van der Waals surface area contributed by atoms with E-state index in [2.05, 4.69) is 10.6 Å². The summed E-state index contributed by atoms with van der Waals surface area (Å²) >= 11 is 0. The Bertz CT molecular complexity index is 496. The number of carboxylic acid groups (broad SMARTS) is 1. The normalized spacial score (nSPS) is 24.4. The number of hydrogen-bond acceptors (Lipinski definition) is 4. The van der Waals surface area contributed by atoms with E-state index in [0.29, 0.717) is 6.42 Å². The van der Waals surface area contributed by atoms with Crippen LogP contribution in [0.1, 0.15) is 34.1 Å². The van der Waals surface area contributed by atoms with Crippen LogP contribution in [-0.4, -0.2) is 42.3 Å². The molecule has 1 aliphatic carbocycles. The first-order valence-electron chi connectivity index (χ1n) is 6.66. The molecule has 1 fully saturated rings. The van der Waals surface area contributed by atoms with Crippen molar-refractivity contribution >= 4 is 17.9 Å². The van der Waals surface area contributed by atoms with Gasteiger partial charge in [-0.2, -0.15) is 0 Å². The highest BCUT2D eigenvalue weighted by Crippen LogP contribution is 2.42. The molecule has 0 bridgehead atoms. The molecule has 0 spiro atoms. The van der Waals surface area contributed by atoms with E-state index in [9.17, 15) is 14.4 Å². The summed E-state index contributed by atoms with van der Waals surface area (Å²) in [7, 11) is 1.62. The van der Waals surface area contributed by atoms with Crippen molar-refractivity contribution in [3.05, 3.63) is 11.1 Å². The van der Waals surface area contributed by atoms with Crippen LogP contribution >= 0.6 is 0 Å². The van der Waals surface area contributed by atoms with Gasteiger partial charge in [-0.15, -0.1) is 0 Å². The second-order valence-corrected chi connectivity index (χ2v) is 5.82. The van der Waals surface area contributed by atoms with Crippen molar-refractivity contribution in [1.29, 1.82) is 0 Å². The zero-order chi connectivity index (χ0) is 16.4. The lowest BCUT2D eigenvalue weighted by Gasteiger charge is -2.51. The van der Waals surface area contributed by atoms with Crippen LogP contribution in [-0.2, 0) is 14.3 Å². The number of hydrogen-bond donors (Lipinski definition) is 3. The Balaban J connectivity index is 2.58. The summed E-state index contributed by atoms with van der Waals surface area (Å²) in [6.45, 7) is 6.61. The van der Waals surface area contributed by atoms with Crippen LogP contribution < -0.4 is 10.6 Å². The molecule has 1 saturated carbocycles. The van der Waals surface area contributed by atoms with E-state index >= 15 is 0 Å². The summed E-state index contributed by atoms with van der Waals surface area (Å²) in [5.41, 5.74) is -0.305. The number of nitrogens with one attached hydrogen (secondary N) is 2. The van der Waals surface area contributed by atoms with Gasteiger partial charge in [-0.3, -0.25) is 10.1 Å². The molecule has 0 aromatic carbocycles. The van der Waals surface area contributed by atoms with E-state index in [1.165, 1.54) is 13.8 Å². The minimum absolute atomic E-state index is 0.000266. The maximum absolute atomic E-state index is 11.8. The molecule has 0 saturated heterocycles. The van der Waals surface area contributed by atoms with Crippen molar-refractivity contribution in [1.82, 2.24) is 10.6 Å². The van der Waals surface area contributed by atoms with Crippen molar-refractivity contribution in [2.45, 2.75) is 46.3 Å². The number of carboxylic acids is 1. The molecular formula is C14H22N2O5. The van der Waals surface area contributed by atoms with Gasteiger partial charge in [-0.05, 0) is 20.3 Å². The summed E-state index contributed by atoms with van der Waals surface area (Å²) in [5, 5.41) is 13.6. The fourth-order valence-corrected chi connectivity index (χ4v) is 2.25. The SMILES string of the molecule is COC1CC(NC(=O)NC(=O)C(C)=C(C)C(=O)O)C1(C)C. The smallest absolute Gasteiger partial charge is 0.331 e. The van der Waals surface area contributed by atoms with Crippen LogP contribution in [0.25, 0.3) is 0 Å². The summed E-state index contributed by atoms with van der Waals surface area (Å²) < 4.78 is 5.28. The third-order valence-corrected chi connectivity index (χ3v) is 4.22. The third-order valence-electron chi connectivity index (χ3n) is 4.22. The number of imide groups is 1. The Morgan fingerprint density at radius 3 is 2.19 bits per heavy atom. The molecular weight excluding hydrogens is 276 g/mol. The van der Waals surface area contributed by atoms with E-state index in [1.807, 2.05) is 13.8 Å². The molecule has 0 radical (unpaired) electrons. The van der Waals surface area contributed by atoms with E-state index in [4.69, 9.17) is 9.84 Å². The Morgan fingerprint density at radius 1 is 1.19 bits per heavy atom. The Labute approximate surface area is 123 Å². The molecule has 0 aliphatic heterocycles. The molecule has 2 unspecified atom stereocenters. The number of aliphatic carboxylic acids is 1. The van der Waals surface area contributed by atoms with Crippen molar-refractivity contribution in [3.63, 3.8) is 0 Å². The van der Waals surface area contributed by atoms with Gasteiger partial charge < -0.3 is 15.2 Å². The first kappa shape index (κ1) is 17.2. The first-order chi connectivity index (χ1) is 9.61. The molecule has 7 nitrogen and oxygen atoms in total. The average molecular weight is 298 g/mol. The maximum atomic E-state index is 11.8. The van der Waals surface area contributed by atoms with E-state index in [1.54, 1.807) is 7.11 Å². The van der Waals surface area contributed by atoms with Crippen LogP contribution in [0.2, 0.25) is 0 Å². The van der Waals surface area contributed by atoms with Crippen LogP contribution in [0, 0.1) is 5.41 Å². The molecule has 1 rings (SSSR count). The van der Waals surface area contributed by atoms with Gasteiger partial charge in [0.05, 0.1) is 6.10 Å². The topological polar surface area (TPSA) is 105 Å². The number of rotatable bonds is 4. The minimum Gasteiger partial charge on any atom is -0.478 e. The summed E-state index contributed by atoms with van der Waals surface area (Å²) in [4.78, 5) is 34.3. The van der Waals surface area contributed by atoms with E-state index < -0.39 is 17.9 Å². The third kappa shape index (κ3) is 3.60. The predicted molar refractivity (Wildman–Crippen MR) is 75.7 cm³/mol. The molecule has 118 valence electrons. The molecule has 3 N–H and O–H groups in total. The first-order valence-corrected chi connectivity index (χ1v) is 6.66. The molecule has 1 aliphatic rings. The molecule has 2 atom stereocenters. The van der Waals surface area contributed by atoms with Gasteiger partial charge in [0.1, 0.15) is 0 Å². The number of carbonyl (C=O) groups is 3. The van der Waals surface area contributed by atoms with Crippen molar-refractivity contribution < 1.29 is 24.2 Å². The Hall–Kier alpha value is -1.89. The predicted octanol–water partition coefficient (Wildman–Crippen LogP) is 1.05. The lowest BCUT2D eigenvalue weighted by atomic mass is 9.64. The van der Waals surface area contributed by atoms with Crippen LogP contribution in [0.5, 0.6) is 0 Å². The Kier molecular flexibility index (Phi) is 5.11. The van der Waals surface area contributed by atoms with Gasteiger partial charge in [0.2, 0.25) is 0 Å². The zero-order valence-electron chi connectivity index (χ0n) is 12.9. The van der Waals surface area contributed by atoms with Crippen LogP contribution in [0.4, 0.5) is 4.79 Å². The second-order valence-electron chi connectivity index (χ2n) is 5.82. The lowest BCUT2D eigenvalue weighted by Crippen LogP contribution is -2.63. The van der Waals surface area contributed by atoms with Gasteiger partial charge in [-0.25, -0.2) is 9.59 Å². The highest BCUT2D eigenvalue weighted by Gasteiger charge is 2.49. The molecule has 3 amide bonds. The highest BCUT2D eigenvalue weighted by molar-refractivity contribution is 6.07. The van der Waals surface area contributed by atoms with Crippen molar-refractivity contribution in [2.75, 3.05) is 7.11 Å². The standard InChI is InChI=1S/C14H22N2O5/c1-7(8(2)12(18)19)11(17)16-13(20)15-9-6-10(21-5)14(9,3)4/h9-10H,6H2,1-5H3,(H,18,19)(H2,15,16,17,20). The van der Waals surface area contributed by atoms with Gasteiger partial charge in [0.15, 0.2) is 0 Å². The van der Waals surface area contributed by atoms with Gasteiger partial charge in [-0.1, -0.05) is 13.8 Å². The monoisotopic (exact) mass is 298 g/mol. The van der Waals surface area contributed by atoms with Crippen molar-refractivity contribution in [3.8, 4) is 0 Å². The largest absolute Gasteiger partial charge is 0.478 e. The molecule has 21 heavy (non-hydrogen) atoms. The van der Waals surface area contributed by atoms with E-state index in [0.717, 1.165) is 0 Å². The average Bonchev–Trinajstić information content (AvgIpc) is 2.40. The number of urea groups is 1. The Morgan fingerprint density at radius 2 is 1.76 bits per heavy atom. The van der Waals surface area contributed by atoms with Crippen LogP contribution in [0.15, 0.2) is 11.1 Å².